The monoisotopic (exact) mass is 304 g/mol. The fourth-order valence-corrected chi connectivity index (χ4v) is 3.69. The number of aromatic hydroxyl groups is 1. The van der Waals surface area contributed by atoms with E-state index < -0.39 is 0 Å². The number of carbonyl (C=O) groups excluding carboxylic acids is 1. The van der Waals surface area contributed by atoms with E-state index in [4.69, 9.17) is 0 Å². The number of rotatable bonds is 3. The first-order valence-corrected chi connectivity index (χ1v) is 8.41. The second-order valence-electron chi connectivity index (χ2n) is 6.56. The van der Waals surface area contributed by atoms with Crippen molar-refractivity contribution in [2.24, 2.45) is 0 Å². The van der Waals surface area contributed by atoms with E-state index in [1.54, 1.807) is 10.8 Å². The van der Waals surface area contributed by atoms with E-state index in [9.17, 15) is 14.7 Å². The molecule has 5 heteroatoms. The lowest BCUT2D eigenvalue weighted by atomic mass is 9.95. The summed E-state index contributed by atoms with van der Waals surface area (Å²) >= 11 is 0. The number of pyridine rings is 1. The Morgan fingerprint density at radius 3 is 2.41 bits per heavy atom. The van der Waals surface area contributed by atoms with Crippen molar-refractivity contribution >= 4 is 5.91 Å². The second-order valence-corrected chi connectivity index (χ2v) is 6.56. The highest BCUT2D eigenvalue weighted by atomic mass is 16.3. The predicted octanol–water partition coefficient (Wildman–Crippen LogP) is 2.73. The van der Waals surface area contributed by atoms with Gasteiger partial charge in [0.15, 0.2) is 0 Å². The molecule has 0 spiro atoms. The minimum absolute atomic E-state index is 0.161. The van der Waals surface area contributed by atoms with E-state index >= 15 is 0 Å². The molecule has 2 N–H and O–H groups in total. The van der Waals surface area contributed by atoms with Gasteiger partial charge in [0.05, 0.1) is 5.56 Å². The summed E-state index contributed by atoms with van der Waals surface area (Å²) in [7, 11) is 0. The van der Waals surface area contributed by atoms with Gasteiger partial charge in [-0.05, 0) is 25.7 Å². The number of aromatic nitrogens is 1. The van der Waals surface area contributed by atoms with Crippen molar-refractivity contribution in [3.63, 3.8) is 0 Å². The third kappa shape index (κ3) is 3.18. The Morgan fingerprint density at radius 1 is 1.09 bits per heavy atom. The molecule has 1 aromatic rings. The summed E-state index contributed by atoms with van der Waals surface area (Å²) in [6, 6.07) is 1.52. The summed E-state index contributed by atoms with van der Waals surface area (Å²) in [4.78, 5) is 24.5. The summed E-state index contributed by atoms with van der Waals surface area (Å²) in [5.41, 5.74) is -0.00399. The Bertz CT molecular complexity index is 596. The molecule has 0 unspecified atom stereocenters. The van der Waals surface area contributed by atoms with Gasteiger partial charge in [0.2, 0.25) is 0 Å². The second kappa shape index (κ2) is 6.55. The van der Waals surface area contributed by atoms with E-state index in [1.165, 1.54) is 12.5 Å². The third-order valence-electron chi connectivity index (χ3n) is 4.96. The van der Waals surface area contributed by atoms with Crippen LogP contribution in [-0.4, -0.2) is 21.6 Å². The lowest BCUT2D eigenvalue weighted by molar-refractivity contribution is 0.0924. The molecule has 1 aromatic heterocycles. The molecule has 2 aliphatic rings. The molecule has 0 aromatic carbocycles. The molecule has 0 saturated heterocycles. The van der Waals surface area contributed by atoms with Crippen LogP contribution in [0.5, 0.6) is 5.75 Å². The highest BCUT2D eigenvalue weighted by molar-refractivity contribution is 5.96. The van der Waals surface area contributed by atoms with E-state index in [2.05, 4.69) is 5.32 Å². The van der Waals surface area contributed by atoms with Crippen molar-refractivity contribution in [2.75, 3.05) is 0 Å². The van der Waals surface area contributed by atoms with Crippen LogP contribution in [0.3, 0.4) is 0 Å². The molecule has 2 fully saturated rings. The van der Waals surface area contributed by atoms with Crippen molar-refractivity contribution in [3.8, 4) is 5.75 Å². The van der Waals surface area contributed by atoms with Gasteiger partial charge in [-0.25, -0.2) is 0 Å². The molecule has 3 rings (SSSR count). The summed E-state index contributed by atoms with van der Waals surface area (Å²) in [6.07, 6.45) is 11.2. The molecular formula is C17H24N2O3. The zero-order valence-corrected chi connectivity index (χ0v) is 12.9. The summed E-state index contributed by atoms with van der Waals surface area (Å²) in [6.45, 7) is 0. The molecule has 1 amide bonds. The van der Waals surface area contributed by atoms with E-state index in [0.29, 0.717) is 0 Å². The summed E-state index contributed by atoms with van der Waals surface area (Å²) < 4.78 is 1.63. The highest BCUT2D eigenvalue weighted by Gasteiger charge is 2.23. The van der Waals surface area contributed by atoms with E-state index in [1.807, 2.05) is 0 Å². The lowest BCUT2D eigenvalue weighted by Crippen LogP contribution is -2.37. The van der Waals surface area contributed by atoms with Crippen molar-refractivity contribution in [1.29, 1.82) is 0 Å². The first-order chi connectivity index (χ1) is 10.6. The van der Waals surface area contributed by atoms with Crippen LogP contribution in [0.4, 0.5) is 0 Å². The highest BCUT2D eigenvalue weighted by Crippen LogP contribution is 2.29. The van der Waals surface area contributed by atoms with Crippen molar-refractivity contribution in [3.05, 3.63) is 28.2 Å². The van der Waals surface area contributed by atoms with Gasteiger partial charge < -0.3 is 15.0 Å². The molecule has 5 nitrogen and oxygen atoms in total. The van der Waals surface area contributed by atoms with Crippen molar-refractivity contribution in [2.45, 2.75) is 69.9 Å². The molecule has 0 aliphatic heterocycles. The molecule has 120 valence electrons. The largest absolute Gasteiger partial charge is 0.507 e. The van der Waals surface area contributed by atoms with Gasteiger partial charge in [-0.15, -0.1) is 0 Å². The Balaban J connectivity index is 1.80. The molecule has 2 aliphatic carbocycles. The summed E-state index contributed by atoms with van der Waals surface area (Å²) in [5, 5.41) is 13.0. The number of amides is 1. The van der Waals surface area contributed by atoms with Crippen molar-refractivity contribution < 1.29 is 9.90 Å². The number of nitrogens with zero attached hydrogens (tertiary/aromatic N) is 1. The van der Waals surface area contributed by atoms with Crippen LogP contribution in [0.15, 0.2) is 17.1 Å². The fourth-order valence-electron chi connectivity index (χ4n) is 3.69. The molecule has 22 heavy (non-hydrogen) atoms. The van der Waals surface area contributed by atoms with Crippen LogP contribution >= 0.6 is 0 Å². The Hall–Kier alpha value is -1.78. The summed E-state index contributed by atoms with van der Waals surface area (Å²) in [5.74, 6) is -0.483. The van der Waals surface area contributed by atoms with Crippen molar-refractivity contribution in [1.82, 2.24) is 9.88 Å². The third-order valence-corrected chi connectivity index (χ3v) is 4.96. The van der Waals surface area contributed by atoms with Crippen LogP contribution in [0.25, 0.3) is 0 Å². The first-order valence-electron chi connectivity index (χ1n) is 8.41. The van der Waals surface area contributed by atoms with Crippen LogP contribution < -0.4 is 10.9 Å². The van der Waals surface area contributed by atoms with Gasteiger partial charge in [0.1, 0.15) is 5.75 Å². The van der Waals surface area contributed by atoms with Gasteiger partial charge >= 0.3 is 0 Å². The maximum absolute atomic E-state index is 12.4. The minimum atomic E-state index is -0.267. The predicted molar refractivity (Wildman–Crippen MR) is 84.2 cm³/mol. The topological polar surface area (TPSA) is 71.3 Å². The average molecular weight is 304 g/mol. The maximum atomic E-state index is 12.4. The molecule has 0 bridgehead atoms. The SMILES string of the molecule is O=C(NC1CCCCC1)c1cn(C2CCCC2)c(=O)cc1O. The van der Waals surface area contributed by atoms with Gasteiger partial charge in [-0.3, -0.25) is 9.59 Å². The van der Waals surface area contributed by atoms with Crippen LogP contribution in [0.1, 0.15) is 74.2 Å². The van der Waals surface area contributed by atoms with E-state index in [0.717, 1.165) is 51.4 Å². The quantitative estimate of drug-likeness (QED) is 0.902. The minimum Gasteiger partial charge on any atom is -0.507 e. The van der Waals surface area contributed by atoms with Crippen LogP contribution in [0, 0.1) is 0 Å². The first kappa shape index (κ1) is 15.1. The van der Waals surface area contributed by atoms with Crippen LogP contribution in [-0.2, 0) is 0 Å². The molecule has 0 radical (unpaired) electrons. The van der Waals surface area contributed by atoms with E-state index in [-0.39, 0.29) is 34.9 Å². The van der Waals surface area contributed by atoms with Gasteiger partial charge in [-0.1, -0.05) is 32.1 Å². The van der Waals surface area contributed by atoms with Gasteiger partial charge in [0.25, 0.3) is 11.5 Å². The normalized spacial score (nSPS) is 20.2. The zero-order chi connectivity index (χ0) is 15.5. The smallest absolute Gasteiger partial charge is 0.256 e. The molecular weight excluding hydrogens is 280 g/mol. The molecule has 1 heterocycles. The van der Waals surface area contributed by atoms with Gasteiger partial charge in [-0.2, -0.15) is 0 Å². The number of carbonyl (C=O) groups is 1. The number of hydrogen-bond acceptors (Lipinski definition) is 3. The average Bonchev–Trinajstić information content (AvgIpc) is 3.02. The number of nitrogens with one attached hydrogen (secondary N) is 1. The number of hydrogen-bond donors (Lipinski definition) is 2. The Morgan fingerprint density at radius 2 is 1.73 bits per heavy atom. The van der Waals surface area contributed by atoms with Crippen LogP contribution in [0.2, 0.25) is 0 Å². The van der Waals surface area contributed by atoms with Gasteiger partial charge in [0, 0.05) is 24.3 Å². The standard InChI is InChI=1S/C17H24N2O3/c20-15-10-16(21)19(13-8-4-5-9-13)11-14(15)17(22)18-12-6-2-1-3-7-12/h10-13,20H,1-9H2,(H,18,22). The molecule has 2 saturated carbocycles. The fraction of sp³-hybridized carbons (Fsp3) is 0.647. The molecule has 0 atom stereocenters. The Labute approximate surface area is 130 Å². The Kier molecular flexibility index (Phi) is 4.50. The zero-order valence-electron chi connectivity index (χ0n) is 12.9. The maximum Gasteiger partial charge on any atom is 0.256 e. The lowest BCUT2D eigenvalue weighted by Gasteiger charge is -2.23.